The van der Waals surface area contributed by atoms with Crippen molar-refractivity contribution in [1.29, 1.82) is 0 Å². The van der Waals surface area contributed by atoms with Crippen molar-refractivity contribution in [2.24, 2.45) is 0 Å². The summed E-state index contributed by atoms with van der Waals surface area (Å²) in [4.78, 5) is 26.8. The molecule has 1 fully saturated rings. The number of anilines is 2. The summed E-state index contributed by atoms with van der Waals surface area (Å²) in [5.41, 5.74) is 1.89. The van der Waals surface area contributed by atoms with E-state index in [2.05, 4.69) is 10.2 Å². The predicted octanol–water partition coefficient (Wildman–Crippen LogP) is 2.88. The van der Waals surface area contributed by atoms with Gasteiger partial charge in [0, 0.05) is 30.5 Å². The average Bonchev–Trinajstić information content (AvgIpc) is 2.69. The largest absolute Gasteiger partial charge is 0.451 e. The van der Waals surface area contributed by atoms with Gasteiger partial charge in [-0.15, -0.1) is 0 Å². The van der Waals surface area contributed by atoms with Gasteiger partial charge in [0.1, 0.15) is 5.58 Å². The van der Waals surface area contributed by atoms with Crippen LogP contribution in [0, 0.1) is 0 Å². The zero-order valence-electron chi connectivity index (χ0n) is 14.1. The van der Waals surface area contributed by atoms with Gasteiger partial charge in [-0.3, -0.25) is 9.59 Å². The molecule has 26 heavy (non-hydrogen) atoms. The normalized spacial score (nSPS) is 14.4. The molecule has 1 saturated heterocycles. The molecule has 1 N–H and O–H groups in total. The predicted molar refractivity (Wildman–Crippen MR) is 99.9 cm³/mol. The second-order valence-electron chi connectivity index (χ2n) is 6.07. The molecule has 6 heteroatoms. The summed E-state index contributed by atoms with van der Waals surface area (Å²) in [5, 5.41) is 3.22. The molecular weight excluding hydrogens is 332 g/mol. The summed E-state index contributed by atoms with van der Waals surface area (Å²) in [5.74, 6) is -0.460. The maximum absolute atomic E-state index is 12.4. The minimum atomic E-state index is -0.452. The number of rotatable bonds is 3. The number of ether oxygens (including phenoxy) is 1. The van der Waals surface area contributed by atoms with E-state index in [1.54, 1.807) is 24.3 Å². The van der Waals surface area contributed by atoms with E-state index in [9.17, 15) is 9.59 Å². The van der Waals surface area contributed by atoms with Gasteiger partial charge in [-0.05, 0) is 36.4 Å². The van der Waals surface area contributed by atoms with Gasteiger partial charge >= 0.3 is 0 Å². The van der Waals surface area contributed by atoms with Crippen molar-refractivity contribution in [3.63, 3.8) is 0 Å². The number of hydrogen-bond donors (Lipinski definition) is 1. The van der Waals surface area contributed by atoms with Crippen molar-refractivity contribution in [1.82, 2.24) is 0 Å². The molecule has 1 aliphatic rings. The third-order valence-corrected chi connectivity index (χ3v) is 4.36. The quantitative estimate of drug-likeness (QED) is 0.786. The number of carbonyl (C=O) groups is 1. The average molecular weight is 350 g/mol. The van der Waals surface area contributed by atoms with Crippen LogP contribution < -0.4 is 15.6 Å². The summed E-state index contributed by atoms with van der Waals surface area (Å²) in [6.07, 6.45) is 0. The van der Waals surface area contributed by atoms with Crippen molar-refractivity contribution in [2.75, 3.05) is 36.5 Å². The molecule has 1 amide bonds. The molecule has 1 aliphatic heterocycles. The van der Waals surface area contributed by atoms with Gasteiger partial charge in [-0.2, -0.15) is 0 Å². The van der Waals surface area contributed by atoms with Crippen LogP contribution >= 0.6 is 0 Å². The van der Waals surface area contributed by atoms with Crippen molar-refractivity contribution in [3.05, 3.63) is 70.6 Å². The molecule has 132 valence electrons. The van der Waals surface area contributed by atoms with Crippen LogP contribution in [0.25, 0.3) is 11.0 Å². The topological polar surface area (TPSA) is 71.8 Å². The highest BCUT2D eigenvalue weighted by molar-refractivity contribution is 6.03. The van der Waals surface area contributed by atoms with Crippen LogP contribution in [0.2, 0.25) is 0 Å². The summed E-state index contributed by atoms with van der Waals surface area (Å²) in [6.45, 7) is 3.15. The number of nitrogens with zero attached hydrogens (tertiary/aromatic N) is 1. The molecule has 0 spiro atoms. The smallest absolute Gasteiger partial charge is 0.291 e. The van der Waals surface area contributed by atoms with Crippen LogP contribution in [0.3, 0.4) is 0 Å². The number of carbonyl (C=O) groups excluding carboxylic acids is 1. The second-order valence-corrected chi connectivity index (χ2v) is 6.07. The lowest BCUT2D eigenvalue weighted by atomic mass is 10.2. The fourth-order valence-electron chi connectivity index (χ4n) is 2.99. The molecular formula is C20H18N2O4. The fraction of sp³-hybridized carbons (Fsp3) is 0.200. The molecule has 0 atom stereocenters. The number of hydrogen-bond acceptors (Lipinski definition) is 5. The van der Waals surface area contributed by atoms with E-state index in [-0.39, 0.29) is 11.2 Å². The molecule has 0 bridgehead atoms. The molecule has 0 saturated carbocycles. The highest BCUT2D eigenvalue weighted by Crippen LogP contribution is 2.20. The number of benzene rings is 2. The lowest BCUT2D eigenvalue weighted by Gasteiger charge is -2.28. The first-order valence-electron chi connectivity index (χ1n) is 8.48. The molecule has 0 unspecified atom stereocenters. The van der Waals surface area contributed by atoms with Crippen molar-refractivity contribution >= 4 is 28.3 Å². The summed E-state index contributed by atoms with van der Waals surface area (Å²) in [6, 6.07) is 15.7. The van der Waals surface area contributed by atoms with E-state index in [0.717, 1.165) is 32.0 Å². The number of morpholine rings is 1. The molecule has 0 aliphatic carbocycles. The molecule has 6 nitrogen and oxygen atoms in total. The molecule has 0 radical (unpaired) electrons. The first-order chi connectivity index (χ1) is 12.7. The van der Waals surface area contributed by atoms with E-state index in [0.29, 0.717) is 16.7 Å². The third-order valence-electron chi connectivity index (χ3n) is 4.36. The number of nitrogens with one attached hydrogen (secondary N) is 1. The molecule has 4 rings (SSSR count). The number of para-hydroxylation sites is 1. The summed E-state index contributed by atoms with van der Waals surface area (Å²) >= 11 is 0. The van der Waals surface area contributed by atoms with Crippen LogP contribution in [0.5, 0.6) is 0 Å². The molecule has 3 aromatic rings. The Morgan fingerprint density at radius 1 is 1.00 bits per heavy atom. The van der Waals surface area contributed by atoms with Crippen molar-refractivity contribution in [3.8, 4) is 0 Å². The van der Waals surface area contributed by atoms with Gasteiger partial charge in [0.2, 0.25) is 0 Å². The van der Waals surface area contributed by atoms with E-state index in [1.165, 1.54) is 6.07 Å². The molecule has 2 aromatic carbocycles. The Labute approximate surface area is 150 Å². The molecule has 1 aromatic heterocycles. The standard InChI is InChI=1S/C20H18N2O4/c23-17-13-19(26-18-4-2-1-3-16(17)18)20(24)21-14-5-7-15(8-6-14)22-9-11-25-12-10-22/h1-8,13H,9-12H2,(H,21,24). The Balaban J connectivity index is 1.52. The zero-order chi connectivity index (χ0) is 17.9. The summed E-state index contributed by atoms with van der Waals surface area (Å²) in [7, 11) is 0. The van der Waals surface area contributed by atoms with Gasteiger partial charge in [0.25, 0.3) is 5.91 Å². The number of amides is 1. The van der Waals surface area contributed by atoms with Crippen LogP contribution in [-0.4, -0.2) is 32.2 Å². The minimum absolute atomic E-state index is 0.00837. The van der Waals surface area contributed by atoms with Gasteiger partial charge < -0.3 is 19.4 Å². The lowest BCUT2D eigenvalue weighted by Crippen LogP contribution is -2.36. The van der Waals surface area contributed by atoms with Gasteiger partial charge in [0.15, 0.2) is 11.2 Å². The van der Waals surface area contributed by atoms with E-state index in [1.807, 2.05) is 24.3 Å². The van der Waals surface area contributed by atoms with E-state index < -0.39 is 5.91 Å². The highest BCUT2D eigenvalue weighted by atomic mass is 16.5. The summed E-state index contributed by atoms with van der Waals surface area (Å²) < 4.78 is 10.9. The Morgan fingerprint density at radius 2 is 1.73 bits per heavy atom. The van der Waals surface area contributed by atoms with Gasteiger partial charge in [-0.25, -0.2) is 0 Å². The molecule has 2 heterocycles. The third kappa shape index (κ3) is 3.32. The monoisotopic (exact) mass is 350 g/mol. The van der Waals surface area contributed by atoms with Crippen molar-refractivity contribution in [2.45, 2.75) is 0 Å². The second kappa shape index (κ2) is 7.01. The van der Waals surface area contributed by atoms with Crippen molar-refractivity contribution < 1.29 is 13.9 Å². The zero-order valence-corrected chi connectivity index (χ0v) is 14.1. The minimum Gasteiger partial charge on any atom is -0.451 e. The Morgan fingerprint density at radius 3 is 2.50 bits per heavy atom. The Bertz CT molecular complexity index is 989. The first-order valence-corrected chi connectivity index (χ1v) is 8.48. The Hall–Kier alpha value is -3.12. The highest BCUT2D eigenvalue weighted by Gasteiger charge is 2.14. The van der Waals surface area contributed by atoms with Gasteiger partial charge in [0.05, 0.1) is 18.6 Å². The van der Waals surface area contributed by atoms with Crippen LogP contribution in [0.4, 0.5) is 11.4 Å². The first kappa shape index (κ1) is 16.4. The lowest BCUT2D eigenvalue weighted by molar-refractivity contribution is 0.0997. The fourth-order valence-corrected chi connectivity index (χ4v) is 2.99. The maximum Gasteiger partial charge on any atom is 0.291 e. The van der Waals surface area contributed by atoms with Gasteiger partial charge in [-0.1, -0.05) is 12.1 Å². The maximum atomic E-state index is 12.4. The van der Waals surface area contributed by atoms with E-state index in [4.69, 9.17) is 9.15 Å². The SMILES string of the molecule is O=C(Nc1ccc(N2CCOCC2)cc1)c1cc(=O)c2ccccc2o1. The van der Waals surface area contributed by atoms with Crippen LogP contribution in [-0.2, 0) is 4.74 Å². The number of fused-ring (bicyclic) bond motifs is 1. The van der Waals surface area contributed by atoms with E-state index >= 15 is 0 Å². The van der Waals surface area contributed by atoms with Crippen LogP contribution in [0.1, 0.15) is 10.6 Å². The van der Waals surface area contributed by atoms with Crippen LogP contribution in [0.15, 0.2) is 63.8 Å². The Kier molecular flexibility index (Phi) is 4.41.